The number of pyridine rings is 1. The lowest BCUT2D eigenvalue weighted by atomic mass is 10.1. The Kier molecular flexibility index (Phi) is 5.50. The third-order valence-corrected chi connectivity index (χ3v) is 4.99. The maximum atomic E-state index is 12.6. The lowest BCUT2D eigenvalue weighted by Crippen LogP contribution is -2.35. The number of ether oxygens (including phenoxy) is 1. The molecule has 6 heteroatoms. The van der Waals surface area contributed by atoms with E-state index in [0.29, 0.717) is 11.9 Å². The number of aromatic amines is 1. The molecule has 6 nitrogen and oxygen atoms in total. The first-order valence-corrected chi connectivity index (χ1v) is 9.47. The second kappa shape index (κ2) is 8.37. The maximum Gasteiger partial charge on any atom is 0.257 e. The number of fused-ring (bicyclic) bond motifs is 1. The Morgan fingerprint density at radius 1 is 1.07 bits per heavy atom. The highest BCUT2D eigenvalue weighted by atomic mass is 16.5. The van der Waals surface area contributed by atoms with E-state index in [1.165, 1.54) is 11.8 Å². The zero-order chi connectivity index (χ0) is 19.3. The Balaban J connectivity index is 1.43. The van der Waals surface area contributed by atoms with E-state index in [2.05, 4.69) is 27.3 Å². The van der Waals surface area contributed by atoms with Crippen molar-refractivity contribution in [3.63, 3.8) is 0 Å². The summed E-state index contributed by atoms with van der Waals surface area (Å²) in [4.78, 5) is 30.5. The highest BCUT2D eigenvalue weighted by molar-refractivity contribution is 5.97. The van der Waals surface area contributed by atoms with Crippen LogP contribution in [0, 0.1) is 0 Å². The number of nitrogens with one attached hydrogen (secondary N) is 2. The summed E-state index contributed by atoms with van der Waals surface area (Å²) in [5, 5.41) is 3.38. The van der Waals surface area contributed by atoms with E-state index in [1.54, 1.807) is 12.1 Å². The average Bonchev–Trinajstić information content (AvgIpc) is 2.73. The predicted octanol–water partition coefficient (Wildman–Crippen LogP) is 2.29. The summed E-state index contributed by atoms with van der Waals surface area (Å²) in [6.45, 7) is 4.67. The van der Waals surface area contributed by atoms with Gasteiger partial charge >= 0.3 is 0 Å². The number of carbonyl (C=O) groups is 1. The van der Waals surface area contributed by atoms with E-state index < -0.39 is 0 Å². The lowest BCUT2D eigenvalue weighted by molar-refractivity contribution is 0.0342. The maximum absolute atomic E-state index is 12.6. The molecule has 1 amide bonds. The first-order valence-electron chi connectivity index (χ1n) is 9.47. The van der Waals surface area contributed by atoms with E-state index >= 15 is 0 Å². The molecule has 2 heterocycles. The van der Waals surface area contributed by atoms with Gasteiger partial charge in [0.15, 0.2) is 0 Å². The fourth-order valence-corrected chi connectivity index (χ4v) is 3.47. The van der Waals surface area contributed by atoms with E-state index in [-0.39, 0.29) is 16.9 Å². The van der Waals surface area contributed by atoms with Crippen LogP contribution in [0.4, 0.5) is 0 Å². The van der Waals surface area contributed by atoms with Crippen molar-refractivity contribution < 1.29 is 9.53 Å². The number of para-hydroxylation sites is 1. The van der Waals surface area contributed by atoms with Gasteiger partial charge in [-0.3, -0.25) is 14.5 Å². The monoisotopic (exact) mass is 377 g/mol. The minimum Gasteiger partial charge on any atom is -0.379 e. The predicted molar refractivity (Wildman–Crippen MR) is 108 cm³/mol. The molecule has 144 valence electrons. The molecule has 0 aliphatic carbocycles. The molecule has 0 radical (unpaired) electrons. The molecule has 28 heavy (non-hydrogen) atoms. The second-order valence-corrected chi connectivity index (χ2v) is 6.97. The van der Waals surface area contributed by atoms with E-state index in [1.807, 2.05) is 24.3 Å². The number of H-pyrrole nitrogens is 1. The molecule has 0 atom stereocenters. The van der Waals surface area contributed by atoms with Gasteiger partial charge < -0.3 is 15.0 Å². The fraction of sp³-hybridized carbons (Fsp3) is 0.273. The molecule has 1 aliphatic rings. The number of amides is 1. The largest absolute Gasteiger partial charge is 0.379 e. The van der Waals surface area contributed by atoms with Crippen molar-refractivity contribution in [1.29, 1.82) is 0 Å². The van der Waals surface area contributed by atoms with Crippen molar-refractivity contribution in [1.82, 2.24) is 15.2 Å². The number of hydrogen-bond acceptors (Lipinski definition) is 4. The molecule has 1 saturated heterocycles. The van der Waals surface area contributed by atoms with Gasteiger partial charge in [-0.2, -0.15) is 0 Å². The van der Waals surface area contributed by atoms with Crippen LogP contribution < -0.4 is 10.7 Å². The molecular weight excluding hydrogens is 354 g/mol. The van der Waals surface area contributed by atoms with E-state index in [0.717, 1.165) is 43.9 Å². The Morgan fingerprint density at radius 3 is 2.71 bits per heavy atom. The topological polar surface area (TPSA) is 74.4 Å². The number of morpholine rings is 1. The average molecular weight is 377 g/mol. The minimum atomic E-state index is -0.370. The first-order chi connectivity index (χ1) is 13.7. The quantitative estimate of drug-likeness (QED) is 0.715. The first kappa shape index (κ1) is 18.4. The van der Waals surface area contributed by atoms with Gasteiger partial charge in [-0.05, 0) is 23.3 Å². The minimum absolute atomic E-state index is 0.128. The van der Waals surface area contributed by atoms with E-state index in [4.69, 9.17) is 4.74 Å². The van der Waals surface area contributed by atoms with Crippen molar-refractivity contribution in [3.8, 4) is 0 Å². The van der Waals surface area contributed by atoms with Crippen molar-refractivity contribution in [3.05, 3.63) is 81.6 Å². The molecule has 0 unspecified atom stereocenters. The summed E-state index contributed by atoms with van der Waals surface area (Å²) in [5.74, 6) is -0.370. The van der Waals surface area contributed by atoms with Crippen LogP contribution in [-0.2, 0) is 17.8 Å². The summed E-state index contributed by atoms with van der Waals surface area (Å²) in [7, 11) is 0. The molecule has 1 fully saturated rings. The zero-order valence-electron chi connectivity index (χ0n) is 15.6. The number of rotatable bonds is 5. The second-order valence-electron chi connectivity index (χ2n) is 6.97. The van der Waals surface area contributed by atoms with Crippen LogP contribution in [0.15, 0.2) is 59.5 Å². The molecule has 2 N–H and O–H groups in total. The van der Waals surface area contributed by atoms with Crippen LogP contribution >= 0.6 is 0 Å². The fourth-order valence-electron chi connectivity index (χ4n) is 3.47. The molecule has 1 aliphatic heterocycles. The van der Waals surface area contributed by atoms with Gasteiger partial charge in [0.25, 0.3) is 5.91 Å². The van der Waals surface area contributed by atoms with Gasteiger partial charge in [-0.15, -0.1) is 0 Å². The highest BCUT2D eigenvalue weighted by Crippen LogP contribution is 2.11. The molecule has 3 aromatic rings. The van der Waals surface area contributed by atoms with Crippen LogP contribution in [0.1, 0.15) is 21.5 Å². The van der Waals surface area contributed by atoms with Crippen molar-refractivity contribution >= 4 is 16.8 Å². The normalized spacial score (nSPS) is 14.9. The van der Waals surface area contributed by atoms with Crippen LogP contribution in [0.5, 0.6) is 0 Å². The molecule has 0 saturated carbocycles. The summed E-state index contributed by atoms with van der Waals surface area (Å²) in [5.41, 5.74) is 2.81. The molecule has 1 aromatic heterocycles. The number of benzene rings is 2. The van der Waals surface area contributed by atoms with Gasteiger partial charge in [0.2, 0.25) is 5.43 Å². The standard InChI is InChI=1S/C22H23N3O3/c26-21-18-6-1-2-7-20(18)23-14-19(21)22(27)24-13-16-4-3-5-17(12-16)15-25-8-10-28-11-9-25/h1-7,12,14H,8-11,13,15H2,(H,23,26)(H,24,27). The van der Waals surface area contributed by atoms with Gasteiger partial charge in [0, 0.05) is 43.3 Å². The third-order valence-electron chi connectivity index (χ3n) is 4.99. The zero-order valence-corrected chi connectivity index (χ0v) is 15.6. The SMILES string of the molecule is O=C(NCc1cccc(CN2CCOCC2)c1)c1c[nH]c2ccccc2c1=O. The van der Waals surface area contributed by atoms with Crippen LogP contribution in [0.3, 0.4) is 0 Å². The van der Waals surface area contributed by atoms with Gasteiger partial charge in [-0.1, -0.05) is 36.4 Å². The summed E-state index contributed by atoms with van der Waals surface area (Å²) in [6.07, 6.45) is 1.48. The van der Waals surface area contributed by atoms with Crippen LogP contribution in [-0.4, -0.2) is 42.1 Å². The van der Waals surface area contributed by atoms with E-state index in [9.17, 15) is 9.59 Å². The summed E-state index contributed by atoms with van der Waals surface area (Å²) < 4.78 is 5.39. The Morgan fingerprint density at radius 2 is 1.86 bits per heavy atom. The summed E-state index contributed by atoms with van der Waals surface area (Å²) >= 11 is 0. The van der Waals surface area contributed by atoms with Crippen LogP contribution in [0.2, 0.25) is 0 Å². The number of hydrogen-bond donors (Lipinski definition) is 2. The molecular formula is C22H23N3O3. The van der Waals surface area contributed by atoms with Gasteiger partial charge in [-0.25, -0.2) is 0 Å². The van der Waals surface area contributed by atoms with Crippen molar-refractivity contribution in [2.45, 2.75) is 13.1 Å². The third kappa shape index (κ3) is 4.13. The Hall–Kier alpha value is -2.96. The number of carbonyl (C=O) groups excluding carboxylic acids is 1. The van der Waals surface area contributed by atoms with Crippen molar-refractivity contribution in [2.75, 3.05) is 26.3 Å². The lowest BCUT2D eigenvalue weighted by Gasteiger charge is -2.26. The molecule has 4 rings (SSSR count). The highest BCUT2D eigenvalue weighted by Gasteiger charge is 2.13. The van der Waals surface area contributed by atoms with Gasteiger partial charge in [0.05, 0.1) is 13.2 Å². The molecule has 0 bridgehead atoms. The Labute approximate surface area is 163 Å². The Bertz CT molecular complexity index is 1040. The summed E-state index contributed by atoms with van der Waals surface area (Å²) in [6, 6.07) is 15.3. The smallest absolute Gasteiger partial charge is 0.257 e. The van der Waals surface area contributed by atoms with Crippen molar-refractivity contribution in [2.24, 2.45) is 0 Å². The molecule has 0 spiro atoms. The van der Waals surface area contributed by atoms with Gasteiger partial charge in [0.1, 0.15) is 5.56 Å². The molecule has 2 aromatic carbocycles. The number of nitrogens with zero attached hydrogens (tertiary/aromatic N) is 1. The number of aromatic nitrogens is 1. The van der Waals surface area contributed by atoms with Crippen LogP contribution in [0.25, 0.3) is 10.9 Å².